The van der Waals surface area contributed by atoms with Gasteiger partial charge >= 0.3 is 0 Å². The lowest BCUT2D eigenvalue weighted by Gasteiger charge is -2.02. The van der Waals surface area contributed by atoms with Gasteiger partial charge in [0.15, 0.2) is 0 Å². The normalized spacial score (nSPS) is 10.3. The molecule has 2 aromatic rings. The van der Waals surface area contributed by atoms with Crippen LogP contribution in [-0.4, -0.2) is 9.91 Å². The third-order valence-corrected chi connectivity index (χ3v) is 3.33. The Bertz CT molecular complexity index is 558. The van der Waals surface area contributed by atoms with Gasteiger partial charge in [-0.15, -0.1) is 0 Å². The Hall–Kier alpha value is -1.92. The molecular weight excluding hydrogens is 250 g/mol. The standard InChI is InChI=1S/C12H11N3O2S/c13-7-9-5-6-12(14-8-9)18-11-4-2-1-3-10(11)15(16)17/h1-6,8H,7,13H2. The maximum absolute atomic E-state index is 10.9. The van der Waals surface area contributed by atoms with Crippen molar-refractivity contribution in [3.63, 3.8) is 0 Å². The van der Waals surface area contributed by atoms with Crippen LogP contribution < -0.4 is 5.73 Å². The predicted molar refractivity (Wildman–Crippen MR) is 69.3 cm³/mol. The van der Waals surface area contributed by atoms with Crippen molar-refractivity contribution in [2.24, 2.45) is 5.73 Å². The van der Waals surface area contributed by atoms with Crippen LogP contribution in [0.4, 0.5) is 5.69 Å². The van der Waals surface area contributed by atoms with Crippen molar-refractivity contribution in [3.05, 3.63) is 58.3 Å². The first-order chi connectivity index (χ1) is 8.70. The Labute approximate surface area is 108 Å². The van der Waals surface area contributed by atoms with E-state index in [1.54, 1.807) is 24.4 Å². The average molecular weight is 261 g/mol. The van der Waals surface area contributed by atoms with Crippen LogP contribution in [0.25, 0.3) is 0 Å². The maximum atomic E-state index is 10.9. The molecule has 2 rings (SSSR count). The van der Waals surface area contributed by atoms with Crippen molar-refractivity contribution in [2.45, 2.75) is 16.5 Å². The Morgan fingerprint density at radius 1 is 1.28 bits per heavy atom. The molecule has 18 heavy (non-hydrogen) atoms. The SMILES string of the molecule is NCc1ccc(Sc2ccccc2[N+](=O)[O-])nc1. The van der Waals surface area contributed by atoms with Crippen molar-refractivity contribution in [3.8, 4) is 0 Å². The van der Waals surface area contributed by atoms with Crippen molar-refractivity contribution < 1.29 is 4.92 Å². The highest BCUT2D eigenvalue weighted by Crippen LogP contribution is 2.33. The topological polar surface area (TPSA) is 82.0 Å². The Kier molecular flexibility index (Phi) is 3.91. The van der Waals surface area contributed by atoms with Gasteiger partial charge in [0.1, 0.15) is 5.03 Å². The first-order valence-electron chi connectivity index (χ1n) is 5.27. The van der Waals surface area contributed by atoms with Gasteiger partial charge in [-0.05, 0) is 17.7 Å². The zero-order valence-corrected chi connectivity index (χ0v) is 10.3. The van der Waals surface area contributed by atoms with E-state index >= 15 is 0 Å². The number of nitrogens with zero attached hydrogens (tertiary/aromatic N) is 2. The van der Waals surface area contributed by atoms with Gasteiger partial charge in [0.25, 0.3) is 5.69 Å². The molecule has 0 saturated heterocycles. The first kappa shape index (κ1) is 12.5. The van der Waals surface area contributed by atoms with Crippen molar-refractivity contribution in [1.29, 1.82) is 0 Å². The molecule has 0 fully saturated rings. The second-order valence-electron chi connectivity index (χ2n) is 3.54. The Balaban J connectivity index is 2.25. The molecule has 0 bridgehead atoms. The van der Waals surface area contributed by atoms with E-state index in [-0.39, 0.29) is 5.69 Å². The van der Waals surface area contributed by atoms with Crippen LogP contribution in [0.5, 0.6) is 0 Å². The lowest BCUT2D eigenvalue weighted by atomic mass is 10.3. The number of para-hydroxylation sites is 1. The zero-order valence-electron chi connectivity index (χ0n) is 9.45. The van der Waals surface area contributed by atoms with E-state index in [1.165, 1.54) is 17.8 Å². The van der Waals surface area contributed by atoms with Crippen LogP contribution in [0.3, 0.4) is 0 Å². The van der Waals surface area contributed by atoms with Crippen LogP contribution in [0, 0.1) is 10.1 Å². The number of pyridine rings is 1. The smallest absolute Gasteiger partial charge is 0.283 e. The third-order valence-electron chi connectivity index (χ3n) is 2.31. The van der Waals surface area contributed by atoms with E-state index in [1.807, 2.05) is 12.1 Å². The summed E-state index contributed by atoms with van der Waals surface area (Å²) >= 11 is 1.27. The molecule has 0 unspecified atom stereocenters. The molecule has 1 heterocycles. The molecule has 92 valence electrons. The van der Waals surface area contributed by atoms with E-state index in [4.69, 9.17) is 5.73 Å². The van der Waals surface area contributed by atoms with E-state index in [9.17, 15) is 10.1 Å². The van der Waals surface area contributed by atoms with E-state index in [0.29, 0.717) is 16.5 Å². The zero-order chi connectivity index (χ0) is 13.0. The summed E-state index contributed by atoms with van der Waals surface area (Å²) in [5.41, 5.74) is 6.50. The molecule has 0 radical (unpaired) electrons. The summed E-state index contributed by atoms with van der Waals surface area (Å²) in [5.74, 6) is 0. The summed E-state index contributed by atoms with van der Waals surface area (Å²) < 4.78 is 0. The molecule has 2 N–H and O–H groups in total. The molecule has 0 spiro atoms. The minimum Gasteiger partial charge on any atom is -0.326 e. The van der Waals surface area contributed by atoms with Gasteiger partial charge in [0, 0.05) is 18.8 Å². The molecule has 0 amide bonds. The first-order valence-corrected chi connectivity index (χ1v) is 6.08. The maximum Gasteiger partial charge on any atom is 0.283 e. The van der Waals surface area contributed by atoms with Crippen LogP contribution in [0.2, 0.25) is 0 Å². The number of nitro benzene ring substituents is 1. The van der Waals surface area contributed by atoms with Gasteiger partial charge in [0.05, 0.1) is 9.82 Å². The quantitative estimate of drug-likeness (QED) is 0.675. The number of nitrogens with two attached hydrogens (primary N) is 1. The second-order valence-corrected chi connectivity index (χ2v) is 4.60. The molecule has 6 heteroatoms. The summed E-state index contributed by atoms with van der Waals surface area (Å²) in [6.07, 6.45) is 1.68. The lowest BCUT2D eigenvalue weighted by Crippen LogP contribution is -1.96. The summed E-state index contributed by atoms with van der Waals surface area (Å²) in [6, 6.07) is 10.3. The summed E-state index contributed by atoms with van der Waals surface area (Å²) in [4.78, 5) is 15.3. The van der Waals surface area contributed by atoms with Crippen LogP contribution in [-0.2, 0) is 6.54 Å². The highest BCUT2D eigenvalue weighted by atomic mass is 32.2. The molecule has 1 aromatic heterocycles. The Morgan fingerprint density at radius 3 is 2.67 bits per heavy atom. The number of benzene rings is 1. The molecule has 0 atom stereocenters. The van der Waals surface area contributed by atoms with Gasteiger partial charge in [0.2, 0.25) is 0 Å². The van der Waals surface area contributed by atoms with E-state index in [0.717, 1.165) is 5.56 Å². The van der Waals surface area contributed by atoms with Gasteiger partial charge in [-0.25, -0.2) is 4.98 Å². The van der Waals surface area contributed by atoms with Crippen molar-refractivity contribution in [2.75, 3.05) is 0 Å². The molecule has 0 aliphatic heterocycles. The molecule has 0 saturated carbocycles. The fourth-order valence-electron chi connectivity index (χ4n) is 1.40. The third kappa shape index (κ3) is 2.85. The summed E-state index contributed by atoms with van der Waals surface area (Å²) in [6.45, 7) is 0.434. The van der Waals surface area contributed by atoms with Crippen molar-refractivity contribution in [1.82, 2.24) is 4.98 Å². The molecular formula is C12H11N3O2S. The van der Waals surface area contributed by atoms with Gasteiger partial charge in [-0.3, -0.25) is 10.1 Å². The highest BCUT2D eigenvalue weighted by Gasteiger charge is 2.13. The molecule has 1 aromatic carbocycles. The molecule has 0 aliphatic carbocycles. The van der Waals surface area contributed by atoms with E-state index in [2.05, 4.69) is 4.98 Å². The fourth-order valence-corrected chi connectivity index (χ4v) is 2.26. The minimum absolute atomic E-state index is 0.0900. The number of aromatic nitrogens is 1. The van der Waals surface area contributed by atoms with Crippen LogP contribution in [0.1, 0.15) is 5.56 Å². The number of rotatable bonds is 4. The van der Waals surface area contributed by atoms with Gasteiger partial charge < -0.3 is 5.73 Å². The lowest BCUT2D eigenvalue weighted by molar-refractivity contribution is -0.387. The highest BCUT2D eigenvalue weighted by molar-refractivity contribution is 7.99. The fraction of sp³-hybridized carbons (Fsp3) is 0.0833. The van der Waals surface area contributed by atoms with Crippen molar-refractivity contribution >= 4 is 17.4 Å². The number of hydrogen-bond acceptors (Lipinski definition) is 5. The number of hydrogen-bond donors (Lipinski definition) is 1. The summed E-state index contributed by atoms with van der Waals surface area (Å²) in [5, 5.41) is 11.6. The monoisotopic (exact) mass is 261 g/mol. The molecule has 5 nitrogen and oxygen atoms in total. The Morgan fingerprint density at radius 2 is 2.06 bits per heavy atom. The van der Waals surface area contributed by atoms with Crippen LogP contribution >= 0.6 is 11.8 Å². The number of nitro groups is 1. The predicted octanol–water partition coefficient (Wildman–Crippen LogP) is 2.60. The van der Waals surface area contributed by atoms with Gasteiger partial charge in [-0.2, -0.15) is 0 Å². The van der Waals surface area contributed by atoms with Crippen LogP contribution in [0.15, 0.2) is 52.5 Å². The molecule has 0 aliphatic rings. The second kappa shape index (κ2) is 5.61. The minimum atomic E-state index is -0.392. The average Bonchev–Trinajstić information content (AvgIpc) is 2.40. The largest absolute Gasteiger partial charge is 0.326 e. The van der Waals surface area contributed by atoms with Gasteiger partial charge in [-0.1, -0.05) is 30.0 Å². The van der Waals surface area contributed by atoms with E-state index < -0.39 is 4.92 Å². The summed E-state index contributed by atoms with van der Waals surface area (Å²) in [7, 11) is 0.